The van der Waals surface area contributed by atoms with E-state index in [0.29, 0.717) is 0 Å². The van der Waals surface area contributed by atoms with Crippen LogP contribution in [0.4, 0.5) is 0 Å². The van der Waals surface area contributed by atoms with E-state index in [2.05, 4.69) is 0 Å². The van der Waals surface area contributed by atoms with Crippen molar-refractivity contribution in [3.8, 4) is 0 Å². The molecule has 10 heavy (non-hydrogen) atoms. The van der Waals surface area contributed by atoms with Crippen LogP contribution in [0, 0.1) is 0 Å². The first-order chi connectivity index (χ1) is 4.63. The van der Waals surface area contributed by atoms with E-state index in [1.54, 1.807) is 0 Å². The van der Waals surface area contributed by atoms with Gasteiger partial charge in [0.05, 0.1) is 6.61 Å². The van der Waals surface area contributed by atoms with Gasteiger partial charge in [0, 0.05) is 0 Å². The molecule has 0 aliphatic carbocycles. The molecule has 0 heterocycles. The second kappa shape index (κ2) is 3.86. The molecular formula is C5H8O5. The number of hydrogen-bond donors (Lipinski definition) is 4. The molecule has 0 rings (SSSR count). The standard InChI is InChI=1S/C5H8O5/c6-1-3(8)5(10)4(9)2-7/h1,4,6-9H,2H2. The molecule has 0 saturated heterocycles. The minimum absolute atomic E-state index is 0.154. The number of aliphatic hydroxyl groups excluding tert-OH is 4. The number of aliphatic hydroxyl groups is 4. The number of rotatable bonds is 3. The van der Waals surface area contributed by atoms with E-state index < -0.39 is 24.3 Å². The predicted molar refractivity (Wildman–Crippen MR) is 31.4 cm³/mol. The van der Waals surface area contributed by atoms with Crippen LogP contribution < -0.4 is 0 Å². The molecule has 5 nitrogen and oxygen atoms in total. The van der Waals surface area contributed by atoms with Crippen molar-refractivity contribution in [2.24, 2.45) is 0 Å². The number of Topliss-reactive ketones (excluding diaryl/α,β-unsaturated/α-hetero) is 1. The van der Waals surface area contributed by atoms with Gasteiger partial charge in [-0.2, -0.15) is 0 Å². The first kappa shape index (κ1) is 8.93. The maximum Gasteiger partial charge on any atom is 0.231 e. The SMILES string of the molecule is O=C(C(O)=CO)C(O)CO. The highest BCUT2D eigenvalue weighted by molar-refractivity contribution is 5.96. The van der Waals surface area contributed by atoms with Crippen LogP contribution in [0.15, 0.2) is 12.0 Å². The van der Waals surface area contributed by atoms with Crippen LogP contribution >= 0.6 is 0 Å². The van der Waals surface area contributed by atoms with Gasteiger partial charge in [-0.3, -0.25) is 4.79 Å². The molecule has 5 heteroatoms. The monoisotopic (exact) mass is 148 g/mol. The number of ketones is 1. The lowest BCUT2D eigenvalue weighted by atomic mass is 10.2. The van der Waals surface area contributed by atoms with Gasteiger partial charge in [-0.25, -0.2) is 0 Å². The number of carbonyl (C=O) groups excluding carboxylic acids is 1. The molecule has 0 bridgehead atoms. The van der Waals surface area contributed by atoms with Crippen LogP contribution in [-0.4, -0.2) is 38.9 Å². The lowest BCUT2D eigenvalue weighted by Crippen LogP contribution is -2.25. The summed E-state index contributed by atoms with van der Waals surface area (Å²) in [4.78, 5) is 10.4. The van der Waals surface area contributed by atoms with Gasteiger partial charge in [-0.1, -0.05) is 0 Å². The zero-order valence-corrected chi connectivity index (χ0v) is 5.06. The quantitative estimate of drug-likeness (QED) is 0.300. The van der Waals surface area contributed by atoms with Crippen LogP contribution in [0.1, 0.15) is 0 Å². The largest absolute Gasteiger partial charge is 0.512 e. The fourth-order valence-electron chi connectivity index (χ4n) is 0.317. The van der Waals surface area contributed by atoms with Crippen molar-refractivity contribution < 1.29 is 25.2 Å². The molecule has 0 saturated carbocycles. The molecule has 0 spiro atoms. The predicted octanol–water partition coefficient (Wildman–Crippen LogP) is -1.13. The number of carbonyl (C=O) groups is 1. The van der Waals surface area contributed by atoms with Crippen molar-refractivity contribution in [1.82, 2.24) is 0 Å². The Kier molecular flexibility index (Phi) is 3.45. The zero-order valence-electron chi connectivity index (χ0n) is 5.06. The molecule has 4 N–H and O–H groups in total. The summed E-state index contributed by atoms with van der Waals surface area (Å²) in [5.41, 5.74) is 0. The molecule has 1 atom stereocenters. The van der Waals surface area contributed by atoms with Crippen molar-refractivity contribution in [2.45, 2.75) is 6.10 Å². The van der Waals surface area contributed by atoms with E-state index in [-0.39, 0.29) is 6.26 Å². The minimum Gasteiger partial charge on any atom is -0.512 e. The van der Waals surface area contributed by atoms with Gasteiger partial charge in [-0.15, -0.1) is 0 Å². The summed E-state index contributed by atoms with van der Waals surface area (Å²) >= 11 is 0. The molecule has 0 aromatic rings. The van der Waals surface area contributed by atoms with Crippen molar-refractivity contribution in [3.05, 3.63) is 12.0 Å². The summed E-state index contributed by atoms with van der Waals surface area (Å²) in [7, 11) is 0. The van der Waals surface area contributed by atoms with Crippen molar-refractivity contribution >= 4 is 5.78 Å². The van der Waals surface area contributed by atoms with Crippen LogP contribution in [0.2, 0.25) is 0 Å². The summed E-state index contributed by atoms with van der Waals surface area (Å²) < 4.78 is 0. The average Bonchev–Trinajstić information content (AvgIpc) is 2.00. The van der Waals surface area contributed by atoms with Gasteiger partial charge >= 0.3 is 0 Å². The molecule has 0 amide bonds. The summed E-state index contributed by atoms with van der Waals surface area (Å²) in [5.74, 6) is -2.08. The third kappa shape index (κ3) is 2.04. The van der Waals surface area contributed by atoms with E-state index in [9.17, 15) is 4.79 Å². The molecule has 0 aliphatic rings. The Bertz CT molecular complexity index is 150. The molecule has 0 aromatic carbocycles. The Morgan fingerprint density at radius 2 is 2.10 bits per heavy atom. The fraction of sp³-hybridized carbons (Fsp3) is 0.400. The summed E-state index contributed by atoms with van der Waals surface area (Å²) in [6.07, 6.45) is -1.51. The Morgan fingerprint density at radius 1 is 1.60 bits per heavy atom. The first-order valence-corrected chi connectivity index (χ1v) is 2.50. The molecule has 58 valence electrons. The van der Waals surface area contributed by atoms with Crippen LogP contribution in [-0.2, 0) is 4.79 Å². The third-order valence-electron chi connectivity index (χ3n) is 0.850. The smallest absolute Gasteiger partial charge is 0.231 e. The highest BCUT2D eigenvalue weighted by Gasteiger charge is 2.17. The Labute approximate surface area is 56.8 Å². The van der Waals surface area contributed by atoms with Crippen molar-refractivity contribution in [1.29, 1.82) is 0 Å². The molecule has 0 aromatic heterocycles. The fourth-order valence-corrected chi connectivity index (χ4v) is 0.317. The van der Waals surface area contributed by atoms with Gasteiger partial charge < -0.3 is 20.4 Å². The van der Waals surface area contributed by atoms with Crippen LogP contribution in [0.5, 0.6) is 0 Å². The van der Waals surface area contributed by atoms with Gasteiger partial charge in [0.2, 0.25) is 5.78 Å². The maximum atomic E-state index is 10.4. The first-order valence-electron chi connectivity index (χ1n) is 2.50. The topological polar surface area (TPSA) is 98.0 Å². The highest BCUT2D eigenvalue weighted by Crippen LogP contribution is 1.94. The van der Waals surface area contributed by atoms with Crippen LogP contribution in [0.3, 0.4) is 0 Å². The molecule has 0 fully saturated rings. The van der Waals surface area contributed by atoms with Gasteiger partial charge in [0.1, 0.15) is 12.4 Å². The maximum absolute atomic E-state index is 10.4. The van der Waals surface area contributed by atoms with Gasteiger partial charge in [0.25, 0.3) is 0 Å². The van der Waals surface area contributed by atoms with Crippen molar-refractivity contribution in [3.63, 3.8) is 0 Å². The van der Waals surface area contributed by atoms with E-state index in [0.717, 1.165) is 0 Å². The number of hydrogen-bond acceptors (Lipinski definition) is 5. The molecule has 1 unspecified atom stereocenters. The lowest BCUT2D eigenvalue weighted by molar-refractivity contribution is -0.127. The van der Waals surface area contributed by atoms with Gasteiger partial charge in [0.15, 0.2) is 5.76 Å². The van der Waals surface area contributed by atoms with E-state index in [1.807, 2.05) is 0 Å². The second-order valence-electron chi connectivity index (χ2n) is 1.58. The summed E-state index contributed by atoms with van der Waals surface area (Å²) in [6.45, 7) is -0.781. The van der Waals surface area contributed by atoms with E-state index in [1.165, 1.54) is 0 Å². The Hall–Kier alpha value is -1.07. The summed E-state index contributed by atoms with van der Waals surface area (Å²) in [5, 5.41) is 33.1. The van der Waals surface area contributed by atoms with Crippen molar-refractivity contribution in [2.75, 3.05) is 6.61 Å². The normalized spacial score (nSPS) is 14.8. The molecule has 0 aliphatic heterocycles. The van der Waals surface area contributed by atoms with Crippen LogP contribution in [0.25, 0.3) is 0 Å². The Morgan fingerprint density at radius 3 is 2.40 bits per heavy atom. The Balaban J connectivity index is 4.08. The molecule has 0 radical (unpaired) electrons. The highest BCUT2D eigenvalue weighted by atomic mass is 16.3. The zero-order chi connectivity index (χ0) is 8.15. The van der Waals surface area contributed by atoms with Gasteiger partial charge in [-0.05, 0) is 0 Å². The van der Waals surface area contributed by atoms with E-state index in [4.69, 9.17) is 20.4 Å². The summed E-state index contributed by atoms with van der Waals surface area (Å²) in [6, 6.07) is 0. The second-order valence-corrected chi connectivity index (χ2v) is 1.58. The molecular weight excluding hydrogens is 140 g/mol. The third-order valence-corrected chi connectivity index (χ3v) is 0.850. The average molecular weight is 148 g/mol. The van der Waals surface area contributed by atoms with E-state index >= 15 is 0 Å². The lowest BCUT2D eigenvalue weighted by Gasteiger charge is -2.02. The minimum atomic E-state index is -1.66.